The Morgan fingerprint density at radius 3 is 2.45 bits per heavy atom. The van der Waals surface area contributed by atoms with Crippen LogP contribution in [-0.4, -0.2) is 57.2 Å². The minimum Gasteiger partial charge on any atom is -0.486 e. The number of benzene rings is 2. The molecule has 0 aliphatic carbocycles. The van der Waals surface area contributed by atoms with Crippen molar-refractivity contribution in [1.29, 1.82) is 0 Å². The van der Waals surface area contributed by atoms with Crippen LogP contribution < -0.4 is 19.7 Å². The van der Waals surface area contributed by atoms with E-state index in [4.69, 9.17) is 9.47 Å². The second-order valence-electron chi connectivity index (χ2n) is 7.72. The van der Waals surface area contributed by atoms with Gasteiger partial charge in [-0.15, -0.1) is 0 Å². The number of carbonyl (C=O) groups is 1. The van der Waals surface area contributed by atoms with E-state index >= 15 is 0 Å². The molecule has 0 bridgehead atoms. The zero-order chi connectivity index (χ0) is 20.1. The van der Waals surface area contributed by atoms with Crippen molar-refractivity contribution in [2.75, 3.05) is 56.7 Å². The van der Waals surface area contributed by atoms with Gasteiger partial charge in [-0.3, -0.25) is 4.79 Å². The molecular formula is C23H29N3O3. The molecule has 6 heteroatoms. The summed E-state index contributed by atoms with van der Waals surface area (Å²) in [7, 11) is 2.16. The molecule has 0 atom stereocenters. The van der Waals surface area contributed by atoms with Gasteiger partial charge >= 0.3 is 0 Å². The third kappa shape index (κ3) is 5.21. The molecule has 0 radical (unpaired) electrons. The second-order valence-corrected chi connectivity index (χ2v) is 7.72. The molecule has 2 aliphatic heterocycles. The van der Waals surface area contributed by atoms with Crippen LogP contribution in [0, 0.1) is 0 Å². The number of carbonyl (C=O) groups excluding carboxylic acids is 1. The Kier molecular flexibility index (Phi) is 6.20. The fourth-order valence-electron chi connectivity index (χ4n) is 3.74. The largest absolute Gasteiger partial charge is 0.486 e. The number of ether oxygens (including phenoxy) is 2. The molecule has 4 rings (SSSR count). The predicted octanol–water partition coefficient (Wildman–Crippen LogP) is 3.17. The molecule has 1 saturated heterocycles. The number of hydrogen-bond donors (Lipinski definition) is 1. The van der Waals surface area contributed by atoms with E-state index in [1.807, 2.05) is 30.3 Å². The smallest absolute Gasteiger partial charge is 0.224 e. The number of piperazine rings is 1. The molecule has 2 heterocycles. The lowest BCUT2D eigenvalue weighted by molar-refractivity contribution is -0.116. The van der Waals surface area contributed by atoms with E-state index in [2.05, 4.69) is 34.3 Å². The third-order valence-electron chi connectivity index (χ3n) is 5.50. The minimum atomic E-state index is 0.0508. The zero-order valence-electron chi connectivity index (χ0n) is 17.0. The lowest BCUT2D eigenvalue weighted by atomic mass is 10.1. The SMILES string of the molecule is CN1CCN(c2ccc(NC(=O)CCCc3ccc4c(c3)OCCO4)cc2)CC1. The van der Waals surface area contributed by atoms with Crippen LogP contribution in [0.2, 0.25) is 0 Å². The summed E-state index contributed by atoms with van der Waals surface area (Å²) in [6.07, 6.45) is 2.13. The van der Waals surface area contributed by atoms with E-state index in [1.165, 1.54) is 11.3 Å². The predicted molar refractivity (Wildman–Crippen MR) is 115 cm³/mol. The maximum Gasteiger partial charge on any atom is 0.224 e. The lowest BCUT2D eigenvalue weighted by Crippen LogP contribution is -2.44. The molecule has 29 heavy (non-hydrogen) atoms. The third-order valence-corrected chi connectivity index (χ3v) is 5.50. The summed E-state index contributed by atoms with van der Waals surface area (Å²) in [5.74, 6) is 1.66. The molecule has 154 valence electrons. The average molecular weight is 396 g/mol. The topological polar surface area (TPSA) is 54.0 Å². The lowest BCUT2D eigenvalue weighted by Gasteiger charge is -2.34. The summed E-state index contributed by atoms with van der Waals surface area (Å²) < 4.78 is 11.2. The maximum absolute atomic E-state index is 12.3. The van der Waals surface area contributed by atoms with Crippen LogP contribution in [0.5, 0.6) is 11.5 Å². The Morgan fingerprint density at radius 1 is 0.966 bits per heavy atom. The quantitative estimate of drug-likeness (QED) is 0.814. The molecule has 2 aliphatic rings. The van der Waals surface area contributed by atoms with Gasteiger partial charge in [0.2, 0.25) is 5.91 Å². The highest BCUT2D eigenvalue weighted by atomic mass is 16.6. The van der Waals surface area contributed by atoms with Crippen molar-refractivity contribution in [2.24, 2.45) is 0 Å². The van der Waals surface area contributed by atoms with Gasteiger partial charge in [-0.1, -0.05) is 6.07 Å². The Morgan fingerprint density at radius 2 is 1.69 bits per heavy atom. The van der Waals surface area contributed by atoms with Gasteiger partial charge in [0.1, 0.15) is 13.2 Å². The highest BCUT2D eigenvalue weighted by molar-refractivity contribution is 5.90. The molecule has 0 unspecified atom stereocenters. The summed E-state index contributed by atoms with van der Waals surface area (Å²) in [4.78, 5) is 17.0. The van der Waals surface area contributed by atoms with Crippen molar-refractivity contribution < 1.29 is 14.3 Å². The molecule has 0 aromatic heterocycles. The highest BCUT2D eigenvalue weighted by Gasteiger charge is 2.14. The summed E-state index contributed by atoms with van der Waals surface area (Å²) in [5, 5.41) is 3.00. The summed E-state index contributed by atoms with van der Waals surface area (Å²) in [6.45, 7) is 5.45. The monoisotopic (exact) mass is 395 g/mol. The Hall–Kier alpha value is -2.73. The fourth-order valence-corrected chi connectivity index (χ4v) is 3.74. The van der Waals surface area contributed by atoms with Crippen molar-refractivity contribution >= 4 is 17.3 Å². The van der Waals surface area contributed by atoms with Gasteiger partial charge in [0.25, 0.3) is 0 Å². The van der Waals surface area contributed by atoms with Crippen molar-refractivity contribution in [3.8, 4) is 11.5 Å². The van der Waals surface area contributed by atoms with E-state index in [-0.39, 0.29) is 5.91 Å². The molecular weight excluding hydrogens is 366 g/mol. The van der Waals surface area contributed by atoms with E-state index in [0.717, 1.165) is 56.2 Å². The average Bonchev–Trinajstić information content (AvgIpc) is 2.75. The summed E-state index contributed by atoms with van der Waals surface area (Å²) in [5.41, 5.74) is 3.24. The Bertz CT molecular complexity index is 830. The van der Waals surface area contributed by atoms with Gasteiger partial charge in [0.05, 0.1) is 0 Å². The van der Waals surface area contributed by atoms with Gasteiger partial charge in [0, 0.05) is 44.0 Å². The van der Waals surface area contributed by atoms with Crippen molar-refractivity contribution in [2.45, 2.75) is 19.3 Å². The van der Waals surface area contributed by atoms with Crippen molar-refractivity contribution in [1.82, 2.24) is 4.90 Å². The standard InChI is InChI=1S/C23H29N3O3/c1-25-11-13-26(14-12-25)20-8-6-19(7-9-20)24-23(27)4-2-3-18-5-10-21-22(17-18)29-16-15-28-21/h5-10,17H,2-4,11-16H2,1H3,(H,24,27). The number of hydrogen-bond acceptors (Lipinski definition) is 5. The van der Waals surface area contributed by atoms with Gasteiger partial charge < -0.3 is 24.6 Å². The van der Waals surface area contributed by atoms with Crippen LogP contribution in [0.25, 0.3) is 0 Å². The van der Waals surface area contributed by atoms with Crippen LogP contribution in [-0.2, 0) is 11.2 Å². The molecule has 0 saturated carbocycles. The number of rotatable bonds is 6. The first kappa shape index (κ1) is 19.6. The van der Waals surface area contributed by atoms with E-state index < -0.39 is 0 Å². The van der Waals surface area contributed by atoms with Gasteiger partial charge in [0.15, 0.2) is 11.5 Å². The molecule has 1 fully saturated rings. The number of amides is 1. The highest BCUT2D eigenvalue weighted by Crippen LogP contribution is 2.31. The van der Waals surface area contributed by atoms with Crippen LogP contribution in [0.1, 0.15) is 18.4 Å². The van der Waals surface area contributed by atoms with Crippen molar-refractivity contribution in [3.63, 3.8) is 0 Å². The van der Waals surface area contributed by atoms with Crippen LogP contribution in [0.3, 0.4) is 0 Å². The molecule has 2 aromatic rings. The summed E-state index contributed by atoms with van der Waals surface area (Å²) >= 11 is 0. The first-order valence-corrected chi connectivity index (χ1v) is 10.4. The molecule has 6 nitrogen and oxygen atoms in total. The van der Waals surface area contributed by atoms with E-state index in [0.29, 0.717) is 19.6 Å². The van der Waals surface area contributed by atoms with Crippen molar-refractivity contribution in [3.05, 3.63) is 48.0 Å². The van der Waals surface area contributed by atoms with Crippen LogP contribution in [0.4, 0.5) is 11.4 Å². The molecule has 0 spiro atoms. The number of nitrogens with one attached hydrogen (secondary N) is 1. The number of fused-ring (bicyclic) bond motifs is 1. The number of aryl methyl sites for hydroxylation is 1. The molecule has 1 N–H and O–H groups in total. The Balaban J connectivity index is 1.22. The van der Waals surface area contributed by atoms with Gasteiger partial charge in [-0.2, -0.15) is 0 Å². The van der Waals surface area contributed by atoms with E-state index in [9.17, 15) is 4.79 Å². The minimum absolute atomic E-state index is 0.0508. The normalized spacial score (nSPS) is 16.5. The van der Waals surface area contributed by atoms with Crippen LogP contribution >= 0.6 is 0 Å². The van der Waals surface area contributed by atoms with Crippen LogP contribution in [0.15, 0.2) is 42.5 Å². The fraction of sp³-hybridized carbons (Fsp3) is 0.435. The number of nitrogens with zero attached hydrogens (tertiary/aromatic N) is 2. The molecule has 2 aromatic carbocycles. The maximum atomic E-state index is 12.3. The van der Waals surface area contributed by atoms with Gasteiger partial charge in [-0.25, -0.2) is 0 Å². The molecule has 1 amide bonds. The zero-order valence-corrected chi connectivity index (χ0v) is 17.0. The second kappa shape index (κ2) is 9.18. The number of likely N-dealkylation sites (N-methyl/N-ethyl adjacent to an activating group) is 1. The number of anilines is 2. The summed E-state index contributed by atoms with van der Waals surface area (Å²) in [6, 6.07) is 14.2. The first-order chi connectivity index (χ1) is 14.2. The Labute approximate surface area is 172 Å². The van der Waals surface area contributed by atoms with E-state index in [1.54, 1.807) is 0 Å². The van der Waals surface area contributed by atoms with Gasteiger partial charge in [-0.05, 0) is 61.9 Å². The first-order valence-electron chi connectivity index (χ1n) is 10.4.